The Hall–Kier alpha value is -2.28. The Morgan fingerprint density at radius 1 is 1.16 bits per heavy atom. The van der Waals surface area contributed by atoms with Gasteiger partial charge in [0.05, 0.1) is 5.70 Å². The van der Waals surface area contributed by atoms with Gasteiger partial charge in [-0.2, -0.15) is 9.67 Å². The van der Waals surface area contributed by atoms with Gasteiger partial charge in [-0.1, -0.05) is 76.7 Å². The molecule has 0 spiro atoms. The summed E-state index contributed by atoms with van der Waals surface area (Å²) in [5.41, 5.74) is 2.53. The van der Waals surface area contributed by atoms with Crippen LogP contribution in [0.4, 0.5) is 10.4 Å². The molecule has 0 atom stereocenters. The van der Waals surface area contributed by atoms with Gasteiger partial charge in [0.1, 0.15) is 0 Å². The molecule has 0 aliphatic carbocycles. The van der Waals surface area contributed by atoms with Crippen LogP contribution in [0.5, 0.6) is 0 Å². The highest BCUT2D eigenvalue weighted by Gasteiger charge is 2.23. The summed E-state index contributed by atoms with van der Waals surface area (Å²) in [5, 5.41) is 4.69. The molecule has 0 aromatic carbocycles. The second-order valence-corrected chi connectivity index (χ2v) is 9.50. The molecule has 1 aromatic rings. The fraction of sp³-hybridized carbons (Fsp3) is 0.640. The van der Waals surface area contributed by atoms with Crippen molar-refractivity contribution < 1.29 is 9.28 Å². The number of aromatic nitrogens is 3. The lowest BCUT2D eigenvalue weighted by atomic mass is 9.80. The Morgan fingerprint density at radius 2 is 1.75 bits per heavy atom. The lowest BCUT2D eigenvalue weighted by molar-refractivity contribution is 0.284. The molecule has 180 valence electrons. The van der Waals surface area contributed by atoms with Crippen LogP contribution in [0.2, 0.25) is 0 Å². The Morgan fingerprint density at radius 3 is 2.19 bits per heavy atom. The number of halogens is 1. The number of carbonyl (C=O) groups excluding carboxylic acids is 1. The maximum Gasteiger partial charge on any atom is 0.264 e. The van der Waals surface area contributed by atoms with Crippen molar-refractivity contribution in [1.29, 1.82) is 0 Å². The zero-order chi connectivity index (χ0) is 24.5. The van der Waals surface area contributed by atoms with Crippen molar-refractivity contribution in [2.75, 3.05) is 24.8 Å². The molecule has 0 fully saturated rings. The summed E-state index contributed by atoms with van der Waals surface area (Å²) in [6, 6.07) is 0. The summed E-state index contributed by atoms with van der Waals surface area (Å²) >= 11 is 0. The predicted octanol–water partition coefficient (Wildman–Crippen LogP) is 6.06. The van der Waals surface area contributed by atoms with Gasteiger partial charge >= 0.3 is 0 Å². The topological polar surface area (TPSA) is 54.3 Å². The molecule has 0 aliphatic heterocycles. The lowest BCUT2D eigenvalue weighted by Gasteiger charge is -2.26. The molecule has 7 heteroatoms. The van der Waals surface area contributed by atoms with Crippen LogP contribution in [-0.4, -0.2) is 45.7 Å². The maximum absolute atomic E-state index is 15.4. The van der Waals surface area contributed by atoms with Crippen LogP contribution in [0, 0.1) is 11.3 Å². The monoisotopic (exact) mass is 447 g/mol. The largest absolute Gasteiger partial charge is 0.298 e. The van der Waals surface area contributed by atoms with Gasteiger partial charge in [-0.25, -0.2) is 0 Å². The predicted molar refractivity (Wildman–Crippen MR) is 133 cm³/mol. The van der Waals surface area contributed by atoms with E-state index in [2.05, 4.69) is 69.5 Å². The van der Waals surface area contributed by atoms with Gasteiger partial charge in [0.25, 0.3) is 5.95 Å². The zero-order valence-electron chi connectivity index (χ0n) is 21.4. The average Bonchev–Trinajstić information content (AvgIpc) is 3.15. The summed E-state index contributed by atoms with van der Waals surface area (Å²) in [7, 11) is 0. The normalized spacial score (nSPS) is 13.9. The smallest absolute Gasteiger partial charge is 0.264 e. The van der Waals surface area contributed by atoms with Crippen molar-refractivity contribution in [1.82, 2.24) is 19.7 Å². The van der Waals surface area contributed by atoms with E-state index in [0.717, 1.165) is 36.2 Å². The third kappa shape index (κ3) is 7.69. The summed E-state index contributed by atoms with van der Waals surface area (Å²) in [6.45, 7) is 20.9. The third-order valence-electron chi connectivity index (χ3n) is 5.29. The molecule has 1 aromatic heterocycles. The number of rotatable bonds is 12. The second kappa shape index (κ2) is 12.7. The molecule has 1 rings (SSSR count). The van der Waals surface area contributed by atoms with Gasteiger partial charge in [-0.3, -0.25) is 9.69 Å². The van der Waals surface area contributed by atoms with Crippen LogP contribution in [-0.2, 0) is 4.79 Å². The van der Waals surface area contributed by atoms with Gasteiger partial charge in [0, 0.05) is 6.54 Å². The third-order valence-corrected chi connectivity index (χ3v) is 5.29. The van der Waals surface area contributed by atoms with E-state index in [-0.39, 0.29) is 11.4 Å². The molecular formula is C25H42FN5O. The molecular weight excluding hydrogens is 405 g/mol. The SMILES string of the molecule is C/C=C(/CN(CCC)CCC)N(F)c1nc(/C(C)=C/C=C(\C(C)C)C(C)(C)C)nn1C=O. The second-order valence-electron chi connectivity index (χ2n) is 9.50. The van der Waals surface area contributed by atoms with Crippen molar-refractivity contribution in [3.63, 3.8) is 0 Å². The van der Waals surface area contributed by atoms with Crippen molar-refractivity contribution in [3.05, 3.63) is 35.3 Å². The number of hydrogen-bond donors (Lipinski definition) is 0. The van der Waals surface area contributed by atoms with E-state index in [1.807, 2.05) is 13.0 Å². The highest BCUT2D eigenvalue weighted by atomic mass is 19.2. The minimum Gasteiger partial charge on any atom is -0.298 e. The first-order valence-corrected chi connectivity index (χ1v) is 11.6. The van der Waals surface area contributed by atoms with Gasteiger partial charge in [0.2, 0.25) is 6.41 Å². The standard InChI is InChI=1S/C25H42FN5O/c1-10-15-29(16-11-2)17-21(12-3)31(26)24-27-23(28-30(24)18-32)20(6)13-14-22(19(4)5)25(7,8)9/h12-14,18-19H,10-11,15-17H2,1-9H3/b20-13+,21-12-,22-14+. The lowest BCUT2D eigenvalue weighted by Crippen LogP contribution is -2.32. The fourth-order valence-electron chi connectivity index (χ4n) is 3.81. The number of anilines is 1. The van der Waals surface area contributed by atoms with E-state index < -0.39 is 0 Å². The molecule has 32 heavy (non-hydrogen) atoms. The van der Waals surface area contributed by atoms with Crippen LogP contribution in [0.25, 0.3) is 5.57 Å². The number of nitrogens with zero attached hydrogens (tertiary/aromatic N) is 5. The molecule has 0 saturated carbocycles. The number of carbonyl (C=O) groups is 1. The molecule has 0 unspecified atom stereocenters. The van der Waals surface area contributed by atoms with Gasteiger partial charge in [0.15, 0.2) is 5.82 Å². The Bertz CT molecular complexity index is 824. The molecule has 1 heterocycles. The number of hydrogen-bond acceptors (Lipinski definition) is 5. The molecule has 0 saturated heterocycles. The average molecular weight is 448 g/mol. The first-order chi connectivity index (χ1) is 15.0. The van der Waals surface area contributed by atoms with Crippen molar-refractivity contribution in [2.45, 2.75) is 75.2 Å². The molecule has 0 radical (unpaired) electrons. The summed E-state index contributed by atoms with van der Waals surface area (Å²) in [5.74, 6) is 0.591. The first-order valence-electron chi connectivity index (χ1n) is 11.6. The van der Waals surface area contributed by atoms with Gasteiger partial charge < -0.3 is 0 Å². The molecule has 0 bridgehead atoms. The van der Waals surface area contributed by atoms with Crippen molar-refractivity contribution in [2.24, 2.45) is 11.3 Å². The maximum atomic E-state index is 15.4. The van der Waals surface area contributed by atoms with Crippen molar-refractivity contribution >= 4 is 17.9 Å². The zero-order valence-corrected chi connectivity index (χ0v) is 21.4. The van der Waals surface area contributed by atoms with E-state index in [0.29, 0.717) is 35.5 Å². The quantitative estimate of drug-likeness (QED) is 0.221. The van der Waals surface area contributed by atoms with Crippen LogP contribution < -0.4 is 5.12 Å². The summed E-state index contributed by atoms with van der Waals surface area (Å²) in [6.07, 6.45) is 8.20. The number of allylic oxidation sites excluding steroid dienone is 5. The molecule has 0 aliphatic rings. The van der Waals surface area contributed by atoms with Crippen LogP contribution in [0.3, 0.4) is 0 Å². The Balaban J connectivity index is 3.25. The summed E-state index contributed by atoms with van der Waals surface area (Å²) < 4.78 is 16.3. The summed E-state index contributed by atoms with van der Waals surface area (Å²) in [4.78, 5) is 18.1. The van der Waals surface area contributed by atoms with Gasteiger partial charge in [-0.15, -0.1) is 10.2 Å². The van der Waals surface area contributed by atoms with Crippen molar-refractivity contribution in [3.8, 4) is 0 Å². The van der Waals surface area contributed by atoms with Crippen LogP contribution in [0.1, 0.15) is 81.0 Å². The minimum atomic E-state index is -0.132. The molecule has 0 N–H and O–H groups in total. The highest BCUT2D eigenvalue weighted by Crippen LogP contribution is 2.31. The van der Waals surface area contributed by atoms with Crippen LogP contribution >= 0.6 is 0 Å². The molecule has 0 amide bonds. The van der Waals surface area contributed by atoms with E-state index in [4.69, 9.17) is 0 Å². The van der Waals surface area contributed by atoms with E-state index in [1.165, 1.54) is 5.57 Å². The van der Waals surface area contributed by atoms with E-state index in [9.17, 15) is 4.79 Å². The first kappa shape index (κ1) is 27.8. The highest BCUT2D eigenvalue weighted by molar-refractivity contribution is 5.65. The Kier molecular flexibility index (Phi) is 11.0. The van der Waals surface area contributed by atoms with Gasteiger partial charge in [-0.05, 0) is 56.7 Å². The fourth-order valence-corrected chi connectivity index (χ4v) is 3.81. The van der Waals surface area contributed by atoms with E-state index in [1.54, 1.807) is 13.0 Å². The van der Waals surface area contributed by atoms with Crippen LogP contribution in [0.15, 0.2) is 29.5 Å². The minimum absolute atomic E-state index is 0.0328. The van der Waals surface area contributed by atoms with E-state index >= 15 is 4.48 Å². The Labute approximate surface area is 193 Å². The molecule has 6 nitrogen and oxygen atoms in total.